The lowest BCUT2D eigenvalue weighted by Crippen LogP contribution is -2.14. The maximum Gasteiger partial charge on any atom is 0.269 e. The van der Waals surface area contributed by atoms with Gasteiger partial charge in [-0.1, -0.05) is 17.3 Å². The third-order valence-corrected chi connectivity index (χ3v) is 2.86. The molecule has 0 saturated heterocycles. The molecule has 0 aliphatic heterocycles. The van der Waals surface area contributed by atoms with Crippen LogP contribution in [0, 0.1) is 17.0 Å². The number of amidine groups is 1. The first-order valence-corrected chi connectivity index (χ1v) is 6.02. The standard InChI is InChI=1S/C14H13N3O4/c1-9-8-10(17(19)20)6-7-12(9)21-13-5-3-2-4-11(13)14(15)16-18/h2-8,18H,1H3,(H2,15,16). The van der Waals surface area contributed by atoms with E-state index in [4.69, 9.17) is 15.7 Å². The first-order chi connectivity index (χ1) is 10.0. The summed E-state index contributed by atoms with van der Waals surface area (Å²) in [5, 5.41) is 22.4. The molecule has 0 atom stereocenters. The van der Waals surface area contributed by atoms with Crippen LogP contribution in [0.2, 0.25) is 0 Å². The molecule has 0 spiro atoms. The summed E-state index contributed by atoms with van der Waals surface area (Å²) in [7, 11) is 0. The monoisotopic (exact) mass is 287 g/mol. The van der Waals surface area contributed by atoms with Gasteiger partial charge < -0.3 is 15.7 Å². The number of para-hydroxylation sites is 1. The zero-order chi connectivity index (χ0) is 15.4. The van der Waals surface area contributed by atoms with Crippen molar-refractivity contribution in [1.29, 1.82) is 0 Å². The highest BCUT2D eigenvalue weighted by atomic mass is 16.6. The number of oxime groups is 1. The van der Waals surface area contributed by atoms with E-state index in [-0.39, 0.29) is 11.5 Å². The highest BCUT2D eigenvalue weighted by Gasteiger charge is 2.12. The minimum absolute atomic E-state index is 0.00966. The zero-order valence-corrected chi connectivity index (χ0v) is 11.2. The van der Waals surface area contributed by atoms with Crippen molar-refractivity contribution in [2.75, 3.05) is 0 Å². The minimum Gasteiger partial charge on any atom is -0.456 e. The average molecular weight is 287 g/mol. The quantitative estimate of drug-likeness (QED) is 0.295. The molecule has 2 aromatic carbocycles. The topological polar surface area (TPSA) is 111 Å². The molecule has 0 fully saturated rings. The predicted molar refractivity (Wildman–Crippen MR) is 76.9 cm³/mol. The number of rotatable bonds is 4. The van der Waals surface area contributed by atoms with Gasteiger partial charge in [-0.2, -0.15) is 0 Å². The summed E-state index contributed by atoms with van der Waals surface area (Å²) in [6, 6.07) is 11.1. The minimum atomic E-state index is -0.471. The van der Waals surface area contributed by atoms with Gasteiger partial charge in [0.05, 0.1) is 10.5 Å². The van der Waals surface area contributed by atoms with Crippen LogP contribution < -0.4 is 10.5 Å². The van der Waals surface area contributed by atoms with E-state index < -0.39 is 4.92 Å². The molecule has 2 rings (SSSR count). The number of non-ortho nitro benzene ring substituents is 1. The molecular weight excluding hydrogens is 274 g/mol. The Morgan fingerprint density at radius 3 is 2.62 bits per heavy atom. The van der Waals surface area contributed by atoms with Gasteiger partial charge in [0.25, 0.3) is 5.69 Å². The molecular formula is C14H13N3O4. The van der Waals surface area contributed by atoms with Crippen LogP contribution in [0.1, 0.15) is 11.1 Å². The van der Waals surface area contributed by atoms with Crippen molar-refractivity contribution in [2.24, 2.45) is 10.9 Å². The third kappa shape index (κ3) is 3.08. The second-order valence-electron chi connectivity index (χ2n) is 4.29. The number of nitro groups is 1. The molecule has 0 amide bonds. The Kier molecular flexibility index (Phi) is 4.03. The van der Waals surface area contributed by atoms with Gasteiger partial charge in [-0.15, -0.1) is 0 Å². The van der Waals surface area contributed by atoms with Crippen molar-refractivity contribution < 1.29 is 14.9 Å². The van der Waals surface area contributed by atoms with Crippen LogP contribution in [-0.4, -0.2) is 16.0 Å². The molecule has 0 saturated carbocycles. The molecule has 0 heterocycles. The number of aryl methyl sites for hydroxylation is 1. The van der Waals surface area contributed by atoms with E-state index in [1.807, 2.05) is 0 Å². The molecule has 0 aliphatic rings. The van der Waals surface area contributed by atoms with Crippen LogP contribution in [-0.2, 0) is 0 Å². The predicted octanol–water partition coefficient (Wildman–Crippen LogP) is 2.79. The molecule has 0 aliphatic carbocycles. The molecule has 7 heteroatoms. The smallest absolute Gasteiger partial charge is 0.269 e. The second kappa shape index (κ2) is 5.91. The summed E-state index contributed by atoms with van der Waals surface area (Å²) < 4.78 is 5.70. The van der Waals surface area contributed by atoms with Crippen LogP contribution in [0.5, 0.6) is 11.5 Å². The van der Waals surface area contributed by atoms with Gasteiger partial charge in [0.2, 0.25) is 0 Å². The lowest BCUT2D eigenvalue weighted by atomic mass is 10.1. The van der Waals surface area contributed by atoms with Gasteiger partial charge in [0.15, 0.2) is 5.84 Å². The van der Waals surface area contributed by atoms with Crippen molar-refractivity contribution >= 4 is 11.5 Å². The van der Waals surface area contributed by atoms with Gasteiger partial charge >= 0.3 is 0 Å². The number of benzene rings is 2. The molecule has 21 heavy (non-hydrogen) atoms. The fraction of sp³-hybridized carbons (Fsp3) is 0.0714. The summed E-state index contributed by atoms with van der Waals surface area (Å²) in [6.45, 7) is 1.70. The van der Waals surface area contributed by atoms with Gasteiger partial charge in [-0.25, -0.2) is 0 Å². The van der Waals surface area contributed by atoms with E-state index in [0.717, 1.165) is 0 Å². The third-order valence-electron chi connectivity index (χ3n) is 2.86. The molecule has 0 aromatic heterocycles. The van der Waals surface area contributed by atoms with Crippen LogP contribution in [0.4, 0.5) is 5.69 Å². The number of nitrogens with zero attached hydrogens (tertiary/aromatic N) is 2. The van der Waals surface area contributed by atoms with Crippen molar-refractivity contribution in [3.8, 4) is 11.5 Å². The molecule has 0 bridgehead atoms. The van der Waals surface area contributed by atoms with E-state index in [9.17, 15) is 10.1 Å². The Bertz CT molecular complexity index is 713. The van der Waals surface area contributed by atoms with Crippen LogP contribution in [0.15, 0.2) is 47.6 Å². The Morgan fingerprint density at radius 1 is 1.29 bits per heavy atom. The average Bonchev–Trinajstić information content (AvgIpc) is 2.49. The van der Waals surface area contributed by atoms with Crippen molar-refractivity contribution in [2.45, 2.75) is 6.92 Å². The number of hydrogen-bond acceptors (Lipinski definition) is 5. The summed E-state index contributed by atoms with van der Waals surface area (Å²) in [5.41, 5.74) is 6.61. The lowest BCUT2D eigenvalue weighted by Gasteiger charge is -2.11. The maximum absolute atomic E-state index is 10.7. The van der Waals surface area contributed by atoms with Gasteiger partial charge in [-0.05, 0) is 30.7 Å². The highest BCUT2D eigenvalue weighted by Crippen LogP contribution is 2.30. The lowest BCUT2D eigenvalue weighted by molar-refractivity contribution is -0.384. The summed E-state index contributed by atoms with van der Waals surface area (Å²) in [4.78, 5) is 10.2. The van der Waals surface area contributed by atoms with E-state index in [1.165, 1.54) is 18.2 Å². The summed E-state index contributed by atoms with van der Waals surface area (Å²) >= 11 is 0. The van der Waals surface area contributed by atoms with E-state index in [1.54, 1.807) is 31.2 Å². The zero-order valence-electron chi connectivity index (χ0n) is 11.2. The Hall–Kier alpha value is -3.09. The van der Waals surface area contributed by atoms with Crippen LogP contribution >= 0.6 is 0 Å². The SMILES string of the molecule is Cc1cc([N+](=O)[O-])ccc1Oc1ccccc1/C(N)=N/O. The molecule has 0 radical (unpaired) electrons. The largest absolute Gasteiger partial charge is 0.456 e. The molecule has 7 nitrogen and oxygen atoms in total. The van der Waals surface area contributed by atoms with Gasteiger partial charge in [0, 0.05) is 12.1 Å². The number of ether oxygens (including phenoxy) is 1. The summed E-state index contributed by atoms with van der Waals surface area (Å²) in [6.07, 6.45) is 0. The molecule has 2 aromatic rings. The Balaban J connectivity index is 2.37. The molecule has 0 unspecified atom stereocenters. The highest BCUT2D eigenvalue weighted by molar-refractivity contribution is 5.99. The van der Waals surface area contributed by atoms with E-state index in [2.05, 4.69) is 5.16 Å². The van der Waals surface area contributed by atoms with Crippen molar-refractivity contribution in [3.63, 3.8) is 0 Å². The number of nitrogens with two attached hydrogens (primary N) is 1. The first kappa shape index (κ1) is 14.3. The van der Waals surface area contributed by atoms with Gasteiger partial charge in [-0.3, -0.25) is 10.1 Å². The van der Waals surface area contributed by atoms with Crippen molar-refractivity contribution in [1.82, 2.24) is 0 Å². The van der Waals surface area contributed by atoms with E-state index >= 15 is 0 Å². The van der Waals surface area contributed by atoms with E-state index in [0.29, 0.717) is 22.6 Å². The molecule has 108 valence electrons. The molecule has 3 N–H and O–H groups in total. The Morgan fingerprint density at radius 2 is 2.00 bits per heavy atom. The number of nitro benzene ring substituents is 1. The van der Waals surface area contributed by atoms with Crippen LogP contribution in [0.25, 0.3) is 0 Å². The number of hydrogen-bond donors (Lipinski definition) is 2. The Labute approximate surface area is 120 Å². The fourth-order valence-corrected chi connectivity index (χ4v) is 1.80. The second-order valence-corrected chi connectivity index (χ2v) is 4.29. The fourth-order valence-electron chi connectivity index (χ4n) is 1.80. The van der Waals surface area contributed by atoms with Gasteiger partial charge in [0.1, 0.15) is 11.5 Å². The van der Waals surface area contributed by atoms with Crippen molar-refractivity contribution in [3.05, 3.63) is 63.7 Å². The first-order valence-electron chi connectivity index (χ1n) is 6.02. The van der Waals surface area contributed by atoms with Crippen LogP contribution in [0.3, 0.4) is 0 Å². The normalized spacial score (nSPS) is 11.2. The summed E-state index contributed by atoms with van der Waals surface area (Å²) in [5.74, 6) is 0.772. The maximum atomic E-state index is 10.7.